The van der Waals surface area contributed by atoms with Gasteiger partial charge in [0.05, 0.1) is 17.1 Å². The van der Waals surface area contributed by atoms with Gasteiger partial charge in [-0.15, -0.1) is 0 Å². The second kappa shape index (κ2) is 15.8. The number of hydrogen-bond acceptors (Lipinski definition) is 2. The first-order chi connectivity index (χ1) is 31.7. The van der Waals surface area contributed by atoms with Crippen LogP contribution in [0.25, 0.3) is 77.2 Å². The van der Waals surface area contributed by atoms with Gasteiger partial charge in [0, 0.05) is 33.6 Å². The molecule has 0 amide bonds. The Kier molecular flexibility index (Phi) is 9.20. The third-order valence-corrected chi connectivity index (χ3v) is 12.8. The van der Waals surface area contributed by atoms with Gasteiger partial charge < -0.3 is 9.80 Å². The third kappa shape index (κ3) is 6.52. The summed E-state index contributed by atoms with van der Waals surface area (Å²) in [5, 5.41) is 4.92. The Morgan fingerprint density at radius 1 is 0.281 bits per heavy atom. The number of anilines is 6. The maximum atomic E-state index is 2.44. The molecule has 1 aliphatic rings. The summed E-state index contributed by atoms with van der Waals surface area (Å²) in [5.74, 6) is 0. The van der Waals surface area contributed by atoms with Crippen LogP contribution >= 0.6 is 0 Å². The average molecular weight is 815 g/mol. The van der Waals surface area contributed by atoms with Crippen LogP contribution in [-0.2, 0) is 0 Å². The lowest BCUT2D eigenvalue weighted by Gasteiger charge is -2.33. The molecule has 0 atom stereocenters. The molecule has 0 spiro atoms. The molecule has 0 unspecified atom stereocenters. The van der Waals surface area contributed by atoms with Gasteiger partial charge in [-0.2, -0.15) is 0 Å². The average Bonchev–Trinajstić information content (AvgIpc) is 3.37. The molecule has 0 bridgehead atoms. The molecule has 0 aromatic heterocycles. The Hall–Kier alpha value is -8.46. The molecule has 64 heavy (non-hydrogen) atoms. The summed E-state index contributed by atoms with van der Waals surface area (Å²) in [6.45, 7) is 0. The first-order valence-corrected chi connectivity index (χ1v) is 22.0. The predicted octanol–water partition coefficient (Wildman–Crippen LogP) is 17.6. The van der Waals surface area contributed by atoms with E-state index in [0.717, 1.165) is 34.1 Å². The van der Waals surface area contributed by atoms with Crippen molar-refractivity contribution in [2.24, 2.45) is 0 Å². The van der Waals surface area contributed by atoms with Gasteiger partial charge in [-0.3, -0.25) is 0 Å². The lowest BCUT2D eigenvalue weighted by Crippen LogP contribution is -2.14. The number of para-hydroxylation sites is 2. The molecule has 11 aromatic carbocycles. The summed E-state index contributed by atoms with van der Waals surface area (Å²) in [6, 6.07) is 92.9. The van der Waals surface area contributed by atoms with E-state index in [9.17, 15) is 0 Å². The molecule has 300 valence electrons. The fraction of sp³-hybridized carbons (Fsp3) is 0. The van der Waals surface area contributed by atoms with Gasteiger partial charge >= 0.3 is 0 Å². The molecular formula is C62H42N2. The first kappa shape index (κ1) is 37.3. The van der Waals surface area contributed by atoms with Crippen molar-refractivity contribution in [3.63, 3.8) is 0 Å². The van der Waals surface area contributed by atoms with Crippen LogP contribution in [0.1, 0.15) is 0 Å². The lowest BCUT2D eigenvalue weighted by atomic mass is 9.86. The minimum absolute atomic E-state index is 1.10. The highest BCUT2D eigenvalue weighted by Gasteiger charge is 2.27. The smallest absolute Gasteiger partial charge is 0.0540 e. The van der Waals surface area contributed by atoms with E-state index in [1.807, 2.05) is 0 Å². The second-order valence-electron chi connectivity index (χ2n) is 16.5. The van der Waals surface area contributed by atoms with Crippen molar-refractivity contribution in [1.29, 1.82) is 0 Å². The fourth-order valence-electron chi connectivity index (χ4n) is 9.70. The second-order valence-corrected chi connectivity index (χ2v) is 16.5. The molecule has 1 heterocycles. The summed E-state index contributed by atoms with van der Waals surface area (Å²) in [4.78, 5) is 4.87. The molecule has 11 aromatic rings. The van der Waals surface area contributed by atoms with Crippen LogP contribution in [0.15, 0.2) is 255 Å². The largest absolute Gasteiger partial charge is 0.310 e. The summed E-state index contributed by atoms with van der Waals surface area (Å²) < 4.78 is 0. The van der Waals surface area contributed by atoms with Gasteiger partial charge in [0.2, 0.25) is 0 Å². The minimum atomic E-state index is 1.10. The van der Waals surface area contributed by atoms with E-state index < -0.39 is 0 Å². The summed E-state index contributed by atoms with van der Waals surface area (Å²) >= 11 is 0. The van der Waals surface area contributed by atoms with E-state index in [1.54, 1.807) is 0 Å². The molecule has 0 aliphatic carbocycles. The summed E-state index contributed by atoms with van der Waals surface area (Å²) in [6.07, 6.45) is 0. The topological polar surface area (TPSA) is 6.48 Å². The van der Waals surface area contributed by atoms with Gasteiger partial charge in [0.1, 0.15) is 0 Å². The molecule has 2 heteroatoms. The number of nitrogens with zero attached hydrogens (tertiary/aromatic N) is 2. The van der Waals surface area contributed by atoms with Crippen molar-refractivity contribution < 1.29 is 0 Å². The van der Waals surface area contributed by atoms with Crippen LogP contribution in [0.4, 0.5) is 34.1 Å². The van der Waals surface area contributed by atoms with Gasteiger partial charge in [0.25, 0.3) is 0 Å². The fourth-order valence-corrected chi connectivity index (χ4v) is 9.70. The van der Waals surface area contributed by atoms with E-state index in [1.165, 1.54) is 77.2 Å². The van der Waals surface area contributed by atoms with Crippen molar-refractivity contribution in [3.05, 3.63) is 255 Å². The van der Waals surface area contributed by atoms with Crippen LogP contribution in [0.2, 0.25) is 0 Å². The van der Waals surface area contributed by atoms with Crippen LogP contribution in [0, 0.1) is 0 Å². The molecule has 0 saturated heterocycles. The number of benzene rings is 11. The minimum Gasteiger partial charge on any atom is -0.310 e. The molecule has 12 rings (SSSR count). The van der Waals surface area contributed by atoms with Crippen molar-refractivity contribution in [2.75, 3.05) is 9.80 Å². The van der Waals surface area contributed by atoms with E-state index >= 15 is 0 Å². The van der Waals surface area contributed by atoms with Gasteiger partial charge in [-0.25, -0.2) is 0 Å². The van der Waals surface area contributed by atoms with Crippen molar-refractivity contribution >= 4 is 55.7 Å². The van der Waals surface area contributed by atoms with Gasteiger partial charge in [-0.05, 0) is 121 Å². The number of fused-ring (bicyclic) bond motifs is 5. The highest BCUT2D eigenvalue weighted by atomic mass is 15.2. The van der Waals surface area contributed by atoms with Crippen LogP contribution in [0.5, 0.6) is 0 Å². The molecule has 2 nitrogen and oxygen atoms in total. The predicted molar refractivity (Wildman–Crippen MR) is 272 cm³/mol. The highest BCUT2D eigenvalue weighted by Crippen LogP contribution is 2.53. The van der Waals surface area contributed by atoms with Crippen LogP contribution in [-0.4, -0.2) is 0 Å². The summed E-state index contributed by atoms with van der Waals surface area (Å²) in [5.41, 5.74) is 18.7. The quantitative estimate of drug-likeness (QED) is 0.158. The normalized spacial score (nSPS) is 11.7. The summed E-state index contributed by atoms with van der Waals surface area (Å²) in [7, 11) is 0. The van der Waals surface area contributed by atoms with E-state index in [-0.39, 0.29) is 0 Å². The van der Waals surface area contributed by atoms with Crippen LogP contribution < -0.4 is 9.80 Å². The number of hydrogen-bond donors (Lipinski definition) is 0. The van der Waals surface area contributed by atoms with E-state index in [2.05, 4.69) is 265 Å². The Bertz CT molecular complexity index is 3330. The molecule has 0 N–H and O–H groups in total. The van der Waals surface area contributed by atoms with Gasteiger partial charge in [-0.1, -0.05) is 194 Å². The van der Waals surface area contributed by atoms with Crippen molar-refractivity contribution in [1.82, 2.24) is 0 Å². The lowest BCUT2D eigenvalue weighted by molar-refractivity contribution is 1.28. The molecule has 1 aliphatic heterocycles. The zero-order chi connectivity index (χ0) is 42.4. The molecule has 0 fully saturated rings. The van der Waals surface area contributed by atoms with E-state index in [0.29, 0.717) is 0 Å². The molecule has 0 saturated carbocycles. The third-order valence-electron chi connectivity index (χ3n) is 12.8. The standard InChI is InChI=1S/C62H42N2/c1-3-14-43(15-4-1)46-28-34-51(35-29-46)63(52-36-30-47(31-37-52)44-16-5-2-6-17-44)61-41-40-57-55-21-10-12-25-60(55)64(59-24-11-9-20-54(59)56-22-13-23-58(61)62(56)57)53-38-32-48(33-39-53)50-27-26-45-18-7-8-19-49(45)42-50/h1-42H. The van der Waals surface area contributed by atoms with Crippen LogP contribution in [0.3, 0.4) is 0 Å². The Morgan fingerprint density at radius 3 is 1.34 bits per heavy atom. The molecular weight excluding hydrogens is 773 g/mol. The van der Waals surface area contributed by atoms with Crippen molar-refractivity contribution in [2.45, 2.75) is 0 Å². The Labute approximate surface area is 374 Å². The molecule has 0 radical (unpaired) electrons. The maximum absolute atomic E-state index is 2.44. The van der Waals surface area contributed by atoms with Crippen molar-refractivity contribution in [3.8, 4) is 55.6 Å². The Morgan fingerprint density at radius 2 is 0.734 bits per heavy atom. The first-order valence-electron chi connectivity index (χ1n) is 22.0. The monoisotopic (exact) mass is 814 g/mol. The number of rotatable bonds is 7. The highest BCUT2D eigenvalue weighted by molar-refractivity contribution is 6.17. The SMILES string of the molecule is c1ccc(-c2ccc(N(c3ccc(-c4ccccc4)cc3)c3ccc4c5c(cccc35)-c3ccccc3N(c3ccc(-c5ccc6ccccc6c5)cc3)c3ccccc3-4)cc2)cc1. The van der Waals surface area contributed by atoms with Gasteiger partial charge in [0.15, 0.2) is 0 Å². The maximum Gasteiger partial charge on any atom is 0.0540 e. The zero-order valence-electron chi connectivity index (χ0n) is 35.1. The zero-order valence-corrected chi connectivity index (χ0v) is 35.1. The Balaban J connectivity index is 1.02. The van der Waals surface area contributed by atoms with E-state index in [4.69, 9.17) is 0 Å².